The molecule has 0 radical (unpaired) electrons. The molecule has 0 saturated carbocycles. The Balaban J connectivity index is 2.59. The van der Waals surface area contributed by atoms with Crippen molar-refractivity contribution in [1.29, 1.82) is 0 Å². The summed E-state index contributed by atoms with van der Waals surface area (Å²) in [5.74, 6) is -0.417. The second-order valence-corrected chi connectivity index (χ2v) is 6.82. The number of alkyl carbamates (subject to hydrolysis) is 1. The van der Waals surface area contributed by atoms with E-state index in [1.807, 2.05) is 0 Å². The van der Waals surface area contributed by atoms with Crippen LogP contribution in [0, 0.1) is 0 Å². The van der Waals surface area contributed by atoms with E-state index < -0.39 is 17.6 Å². The molecule has 0 aliphatic rings. The summed E-state index contributed by atoms with van der Waals surface area (Å²) in [4.78, 5) is 28.2. The molecule has 1 rings (SSSR count). The Hall–Kier alpha value is -1.99. The lowest BCUT2D eigenvalue weighted by Gasteiger charge is -2.19. The first-order valence-electron chi connectivity index (χ1n) is 7.41. The molecule has 0 aromatic heterocycles. The normalized spacial score (nSPS) is 11.7. The van der Waals surface area contributed by atoms with Gasteiger partial charge < -0.3 is 20.2 Å². The van der Waals surface area contributed by atoms with Gasteiger partial charge in [-0.25, -0.2) is 4.79 Å². The van der Waals surface area contributed by atoms with Crippen LogP contribution in [0.2, 0.25) is 10.0 Å². The predicted octanol–water partition coefficient (Wildman–Crippen LogP) is 2.98. The molecule has 2 N–H and O–H groups in total. The molecule has 7 nitrogen and oxygen atoms in total. The van der Waals surface area contributed by atoms with Crippen molar-refractivity contribution in [3.05, 3.63) is 33.8 Å². The highest BCUT2D eigenvalue weighted by Gasteiger charge is 2.17. The predicted molar refractivity (Wildman–Crippen MR) is 97.3 cm³/mol. The van der Waals surface area contributed by atoms with Gasteiger partial charge in [0.1, 0.15) is 25.0 Å². The Morgan fingerprint density at radius 2 is 1.84 bits per heavy atom. The molecule has 0 saturated heterocycles. The van der Waals surface area contributed by atoms with Crippen LogP contribution in [0.4, 0.5) is 4.79 Å². The molecule has 0 spiro atoms. The number of rotatable bonds is 6. The number of nitrogens with one attached hydrogen (secondary N) is 2. The maximum atomic E-state index is 11.9. The minimum atomic E-state index is -0.672. The molecule has 1 aromatic rings. The summed E-state index contributed by atoms with van der Waals surface area (Å²) >= 11 is 12.0. The number of carbonyl (C=O) groups excluding carboxylic acids is 2. The van der Waals surface area contributed by atoms with Crippen LogP contribution in [-0.4, -0.2) is 43.5 Å². The fourth-order valence-corrected chi connectivity index (χ4v) is 2.24. The Morgan fingerprint density at radius 1 is 1.16 bits per heavy atom. The van der Waals surface area contributed by atoms with E-state index in [0.29, 0.717) is 21.3 Å². The first-order chi connectivity index (χ1) is 11.6. The van der Waals surface area contributed by atoms with Crippen LogP contribution in [0.1, 0.15) is 26.3 Å². The number of ether oxygens (including phenoxy) is 1. The minimum Gasteiger partial charge on any atom is -0.444 e. The highest BCUT2D eigenvalue weighted by atomic mass is 35.5. The molecule has 0 fully saturated rings. The van der Waals surface area contributed by atoms with E-state index in [9.17, 15) is 9.59 Å². The van der Waals surface area contributed by atoms with Crippen molar-refractivity contribution in [2.45, 2.75) is 26.4 Å². The minimum absolute atomic E-state index is 0.0595. The van der Waals surface area contributed by atoms with Crippen LogP contribution >= 0.6 is 23.2 Å². The van der Waals surface area contributed by atoms with Gasteiger partial charge in [-0.3, -0.25) is 4.79 Å². The van der Waals surface area contributed by atoms with Crippen LogP contribution in [0.3, 0.4) is 0 Å². The molecule has 0 bridgehead atoms. The first kappa shape index (κ1) is 21.1. The Morgan fingerprint density at radius 3 is 2.40 bits per heavy atom. The van der Waals surface area contributed by atoms with Gasteiger partial charge in [-0.2, -0.15) is 0 Å². The topological polar surface area (TPSA) is 89.0 Å². The summed E-state index contributed by atoms with van der Waals surface area (Å²) < 4.78 is 5.04. The van der Waals surface area contributed by atoms with Crippen molar-refractivity contribution in [3.8, 4) is 0 Å². The van der Waals surface area contributed by atoms with Crippen molar-refractivity contribution in [2.75, 3.05) is 20.2 Å². The molecule has 1 aromatic carbocycles. The number of halogens is 2. The van der Waals surface area contributed by atoms with Crippen LogP contribution in [-0.2, 0) is 14.4 Å². The molecule has 25 heavy (non-hydrogen) atoms. The number of hydrogen-bond acceptors (Lipinski definition) is 5. The second kappa shape index (κ2) is 9.48. The zero-order valence-corrected chi connectivity index (χ0v) is 16.0. The number of oxime groups is 1. The molecule has 0 aliphatic carbocycles. The molecule has 138 valence electrons. The number of carbonyl (C=O) groups is 2. The fourth-order valence-electron chi connectivity index (χ4n) is 1.72. The van der Waals surface area contributed by atoms with Gasteiger partial charge in [0, 0.05) is 10.6 Å². The molecule has 9 heteroatoms. The zero-order valence-electron chi connectivity index (χ0n) is 14.5. The lowest BCUT2D eigenvalue weighted by Crippen LogP contribution is -2.41. The van der Waals surface area contributed by atoms with E-state index in [2.05, 4.69) is 15.8 Å². The maximum absolute atomic E-state index is 11.9. The molecule has 0 heterocycles. The largest absolute Gasteiger partial charge is 0.444 e. The van der Waals surface area contributed by atoms with Crippen molar-refractivity contribution in [1.82, 2.24) is 10.6 Å². The SMILES string of the molecule is CON=C(CNC(=O)CNC(=O)OC(C)(C)C)c1ccc(Cl)cc1Cl. The second-order valence-electron chi connectivity index (χ2n) is 5.98. The monoisotopic (exact) mass is 389 g/mol. The lowest BCUT2D eigenvalue weighted by molar-refractivity contribution is -0.120. The average molecular weight is 390 g/mol. The molecule has 0 atom stereocenters. The number of nitrogens with zero attached hydrogens (tertiary/aromatic N) is 1. The Labute approximate surface area is 156 Å². The third kappa shape index (κ3) is 8.09. The van der Waals surface area contributed by atoms with Crippen molar-refractivity contribution < 1.29 is 19.2 Å². The molecule has 0 unspecified atom stereocenters. The van der Waals surface area contributed by atoms with E-state index in [4.69, 9.17) is 32.8 Å². The molecule has 2 amide bonds. The van der Waals surface area contributed by atoms with Crippen molar-refractivity contribution in [3.63, 3.8) is 0 Å². The first-order valence-corrected chi connectivity index (χ1v) is 8.17. The summed E-state index contributed by atoms with van der Waals surface area (Å²) in [5.41, 5.74) is 0.354. The molecular formula is C16H21Cl2N3O4. The molecule has 0 aliphatic heterocycles. The van der Waals surface area contributed by atoms with Gasteiger partial charge in [0.25, 0.3) is 0 Å². The summed E-state index contributed by atoms with van der Waals surface area (Å²) in [6, 6.07) is 4.89. The third-order valence-electron chi connectivity index (χ3n) is 2.69. The summed E-state index contributed by atoms with van der Waals surface area (Å²) in [5, 5.41) is 9.70. The average Bonchev–Trinajstić information content (AvgIpc) is 2.48. The van der Waals surface area contributed by atoms with Crippen LogP contribution in [0.15, 0.2) is 23.4 Å². The summed E-state index contributed by atoms with van der Waals surface area (Å²) in [6.07, 6.45) is -0.672. The number of hydrogen-bond donors (Lipinski definition) is 2. The van der Waals surface area contributed by atoms with E-state index >= 15 is 0 Å². The summed E-state index contributed by atoms with van der Waals surface area (Å²) in [6.45, 7) is 5.02. The van der Waals surface area contributed by atoms with Crippen molar-refractivity contribution in [2.24, 2.45) is 5.16 Å². The molecular weight excluding hydrogens is 369 g/mol. The van der Waals surface area contributed by atoms with Gasteiger partial charge in [-0.1, -0.05) is 28.4 Å². The van der Waals surface area contributed by atoms with Gasteiger partial charge in [-0.05, 0) is 39.0 Å². The Bertz CT molecular complexity index is 657. The van der Waals surface area contributed by atoms with Crippen LogP contribution in [0.25, 0.3) is 0 Å². The quantitative estimate of drug-likeness (QED) is 0.577. The smallest absolute Gasteiger partial charge is 0.408 e. The Kier molecular flexibility index (Phi) is 7.99. The van der Waals surface area contributed by atoms with Gasteiger partial charge >= 0.3 is 6.09 Å². The van der Waals surface area contributed by atoms with E-state index in [1.54, 1.807) is 39.0 Å². The summed E-state index contributed by atoms with van der Waals surface area (Å²) in [7, 11) is 1.38. The number of benzene rings is 1. The highest BCUT2D eigenvalue weighted by Crippen LogP contribution is 2.21. The van der Waals surface area contributed by atoms with Gasteiger partial charge in [0.2, 0.25) is 5.91 Å². The zero-order chi connectivity index (χ0) is 19.0. The van der Waals surface area contributed by atoms with Gasteiger partial charge in [0.15, 0.2) is 0 Å². The van der Waals surface area contributed by atoms with Crippen molar-refractivity contribution >= 4 is 40.9 Å². The maximum Gasteiger partial charge on any atom is 0.408 e. The highest BCUT2D eigenvalue weighted by molar-refractivity contribution is 6.37. The lowest BCUT2D eigenvalue weighted by atomic mass is 10.1. The standard InChI is InChI=1S/C16H21Cl2N3O4/c1-16(2,3)25-15(23)20-9-14(22)19-8-13(21-24-4)11-6-5-10(17)7-12(11)18/h5-7H,8-9H2,1-4H3,(H,19,22)(H,20,23). The van der Waals surface area contributed by atoms with Gasteiger partial charge in [0.05, 0.1) is 11.6 Å². The van der Waals surface area contributed by atoms with Crippen LogP contribution < -0.4 is 10.6 Å². The van der Waals surface area contributed by atoms with Crippen LogP contribution in [0.5, 0.6) is 0 Å². The third-order valence-corrected chi connectivity index (χ3v) is 3.24. The van der Waals surface area contributed by atoms with Gasteiger partial charge in [-0.15, -0.1) is 0 Å². The number of amides is 2. The fraction of sp³-hybridized carbons (Fsp3) is 0.438. The van der Waals surface area contributed by atoms with E-state index in [-0.39, 0.29) is 13.1 Å². The van der Waals surface area contributed by atoms with E-state index in [1.165, 1.54) is 7.11 Å². The van der Waals surface area contributed by atoms with E-state index in [0.717, 1.165) is 0 Å².